The molecule has 0 atom stereocenters. The van der Waals surface area contributed by atoms with Crippen LogP contribution in [0.5, 0.6) is 5.75 Å². The van der Waals surface area contributed by atoms with Crippen LogP contribution in [0.4, 0.5) is 0 Å². The minimum atomic E-state index is -0.396. The lowest BCUT2D eigenvalue weighted by Gasteiger charge is -2.08. The van der Waals surface area contributed by atoms with E-state index in [0.717, 1.165) is 5.56 Å². The Morgan fingerprint density at radius 2 is 2.31 bits per heavy atom. The van der Waals surface area contributed by atoms with Gasteiger partial charge in [0.25, 0.3) is 0 Å². The Labute approximate surface area is 99.6 Å². The van der Waals surface area contributed by atoms with Gasteiger partial charge in [-0.3, -0.25) is 0 Å². The quantitative estimate of drug-likeness (QED) is 0.743. The van der Waals surface area contributed by atoms with Crippen LogP contribution in [0.2, 0.25) is 5.02 Å². The number of benzene rings is 1. The van der Waals surface area contributed by atoms with Gasteiger partial charge in [-0.15, -0.1) is 0 Å². The zero-order valence-corrected chi connectivity index (χ0v) is 9.79. The first-order valence-corrected chi connectivity index (χ1v) is 5.25. The summed E-state index contributed by atoms with van der Waals surface area (Å²) < 4.78 is 10.0. The molecule has 0 aliphatic carbocycles. The maximum atomic E-state index is 11.1. The van der Waals surface area contributed by atoms with E-state index in [1.807, 2.05) is 0 Å². The van der Waals surface area contributed by atoms with Crippen LogP contribution in [-0.4, -0.2) is 19.2 Å². The SMILES string of the molecule is C=Cc1cc(Cl)ccc1OCC(=O)OCC. The number of ether oxygens (including phenoxy) is 2. The molecule has 0 saturated carbocycles. The second-order valence-corrected chi connectivity index (χ2v) is 3.42. The Hall–Kier alpha value is -1.48. The van der Waals surface area contributed by atoms with E-state index in [0.29, 0.717) is 17.4 Å². The Morgan fingerprint density at radius 1 is 1.56 bits per heavy atom. The van der Waals surface area contributed by atoms with E-state index in [4.69, 9.17) is 21.1 Å². The molecule has 0 aliphatic rings. The minimum Gasteiger partial charge on any atom is -0.481 e. The monoisotopic (exact) mass is 240 g/mol. The molecular weight excluding hydrogens is 228 g/mol. The molecule has 0 bridgehead atoms. The second kappa shape index (κ2) is 6.18. The summed E-state index contributed by atoms with van der Waals surface area (Å²) in [4.78, 5) is 11.1. The molecule has 1 aromatic rings. The lowest BCUT2D eigenvalue weighted by Crippen LogP contribution is -2.14. The molecule has 0 unspecified atom stereocenters. The first-order valence-electron chi connectivity index (χ1n) is 4.87. The van der Waals surface area contributed by atoms with Gasteiger partial charge in [-0.05, 0) is 25.1 Å². The number of carbonyl (C=O) groups excluding carboxylic acids is 1. The van der Waals surface area contributed by atoms with Crippen LogP contribution in [0, 0.1) is 0 Å². The predicted octanol–water partition coefficient (Wildman–Crippen LogP) is 2.92. The molecule has 1 aromatic carbocycles. The highest BCUT2D eigenvalue weighted by Crippen LogP contribution is 2.23. The topological polar surface area (TPSA) is 35.5 Å². The van der Waals surface area contributed by atoms with E-state index in [-0.39, 0.29) is 6.61 Å². The highest BCUT2D eigenvalue weighted by molar-refractivity contribution is 6.30. The van der Waals surface area contributed by atoms with Crippen molar-refractivity contribution in [3.8, 4) is 5.75 Å². The smallest absolute Gasteiger partial charge is 0.344 e. The van der Waals surface area contributed by atoms with Gasteiger partial charge in [0.15, 0.2) is 6.61 Å². The van der Waals surface area contributed by atoms with E-state index < -0.39 is 5.97 Å². The van der Waals surface area contributed by atoms with Crippen LogP contribution >= 0.6 is 11.6 Å². The minimum absolute atomic E-state index is 0.115. The van der Waals surface area contributed by atoms with Gasteiger partial charge < -0.3 is 9.47 Å². The second-order valence-electron chi connectivity index (χ2n) is 2.98. The Bertz CT molecular complexity index is 388. The van der Waals surface area contributed by atoms with Crippen LogP contribution < -0.4 is 4.74 Å². The summed E-state index contributed by atoms with van der Waals surface area (Å²) >= 11 is 5.81. The fraction of sp³-hybridized carbons (Fsp3) is 0.250. The normalized spacial score (nSPS) is 9.62. The third-order valence-corrected chi connectivity index (χ3v) is 2.08. The number of esters is 1. The van der Waals surface area contributed by atoms with Crippen molar-refractivity contribution in [3.05, 3.63) is 35.4 Å². The molecule has 0 fully saturated rings. The van der Waals surface area contributed by atoms with Gasteiger partial charge in [0.2, 0.25) is 0 Å². The van der Waals surface area contributed by atoms with E-state index >= 15 is 0 Å². The maximum Gasteiger partial charge on any atom is 0.344 e. The van der Waals surface area contributed by atoms with Gasteiger partial charge >= 0.3 is 5.97 Å². The molecule has 0 saturated heterocycles. The molecule has 0 heterocycles. The van der Waals surface area contributed by atoms with Crippen molar-refractivity contribution in [3.63, 3.8) is 0 Å². The van der Waals surface area contributed by atoms with Crippen molar-refractivity contribution >= 4 is 23.6 Å². The van der Waals surface area contributed by atoms with Crippen LogP contribution in [0.15, 0.2) is 24.8 Å². The number of rotatable bonds is 5. The zero-order valence-electron chi connectivity index (χ0n) is 9.03. The molecule has 0 amide bonds. The van der Waals surface area contributed by atoms with E-state index in [9.17, 15) is 4.79 Å². The fourth-order valence-electron chi connectivity index (χ4n) is 1.15. The molecule has 0 radical (unpaired) electrons. The Kier molecular flexibility index (Phi) is 4.86. The van der Waals surface area contributed by atoms with Crippen LogP contribution in [0.3, 0.4) is 0 Å². The van der Waals surface area contributed by atoms with Gasteiger partial charge in [0.1, 0.15) is 5.75 Å². The van der Waals surface area contributed by atoms with Crippen molar-refractivity contribution in [2.45, 2.75) is 6.92 Å². The molecule has 86 valence electrons. The molecule has 0 aromatic heterocycles. The van der Waals surface area contributed by atoms with Crippen LogP contribution in [-0.2, 0) is 9.53 Å². The summed E-state index contributed by atoms with van der Waals surface area (Å²) in [5.41, 5.74) is 0.747. The largest absolute Gasteiger partial charge is 0.481 e. The average molecular weight is 241 g/mol. The molecular formula is C12H13ClO3. The summed E-state index contributed by atoms with van der Waals surface area (Å²) in [6, 6.07) is 5.10. The van der Waals surface area contributed by atoms with Crippen molar-refractivity contribution in [2.24, 2.45) is 0 Å². The molecule has 4 heteroatoms. The van der Waals surface area contributed by atoms with E-state index in [1.54, 1.807) is 31.2 Å². The molecule has 1 rings (SSSR count). The third-order valence-electron chi connectivity index (χ3n) is 1.84. The van der Waals surface area contributed by atoms with Crippen molar-refractivity contribution < 1.29 is 14.3 Å². The van der Waals surface area contributed by atoms with E-state index in [2.05, 4.69) is 6.58 Å². The summed E-state index contributed by atoms with van der Waals surface area (Å²) in [5, 5.41) is 0.596. The van der Waals surface area contributed by atoms with Gasteiger partial charge in [-0.25, -0.2) is 4.79 Å². The highest BCUT2D eigenvalue weighted by Gasteiger charge is 2.06. The van der Waals surface area contributed by atoms with Crippen molar-refractivity contribution in [2.75, 3.05) is 13.2 Å². The van der Waals surface area contributed by atoms with Gasteiger partial charge in [-0.1, -0.05) is 24.3 Å². The molecule has 16 heavy (non-hydrogen) atoms. The Balaban J connectivity index is 2.66. The first-order chi connectivity index (χ1) is 7.67. The average Bonchev–Trinajstić information content (AvgIpc) is 2.27. The number of carbonyl (C=O) groups is 1. The number of hydrogen-bond donors (Lipinski definition) is 0. The molecule has 3 nitrogen and oxygen atoms in total. The van der Waals surface area contributed by atoms with Crippen molar-refractivity contribution in [1.29, 1.82) is 0 Å². The van der Waals surface area contributed by atoms with Crippen LogP contribution in [0.1, 0.15) is 12.5 Å². The van der Waals surface area contributed by atoms with Gasteiger partial charge in [0.05, 0.1) is 6.61 Å². The van der Waals surface area contributed by atoms with Crippen LogP contribution in [0.25, 0.3) is 6.08 Å². The third kappa shape index (κ3) is 3.59. The maximum absolute atomic E-state index is 11.1. The highest BCUT2D eigenvalue weighted by atomic mass is 35.5. The van der Waals surface area contributed by atoms with Crippen molar-refractivity contribution in [1.82, 2.24) is 0 Å². The summed E-state index contributed by atoms with van der Waals surface area (Å²) in [5.74, 6) is 0.167. The van der Waals surface area contributed by atoms with Gasteiger partial charge in [-0.2, -0.15) is 0 Å². The fourth-order valence-corrected chi connectivity index (χ4v) is 1.33. The Morgan fingerprint density at radius 3 is 2.94 bits per heavy atom. The summed E-state index contributed by atoms with van der Waals surface area (Å²) in [7, 11) is 0. The lowest BCUT2D eigenvalue weighted by atomic mass is 10.2. The molecule has 0 N–H and O–H groups in total. The first kappa shape index (κ1) is 12.6. The predicted molar refractivity (Wildman–Crippen MR) is 63.7 cm³/mol. The molecule has 0 aliphatic heterocycles. The number of halogens is 1. The zero-order chi connectivity index (χ0) is 12.0. The standard InChI is InChI=1S/C12H13ClO3/c1-3-9-7-10(13)5-6-11(9)16-8-12(14)15-4-2/h3,5-7H,1,4,8H2,2H3. The number of hydrogen-bond acceptors (Lipinski definition) is 3. The lowest BCUT2D eigenvalue weighted by molar-refractivity contribution is -0.145. The van der Waals surface area contributed by atoms with E-state index in [1.165, 1.54) is 0 Å². The summed E-state index contributed by atoms with van der Waals surface area (Å²) in [6.45, 7) is 5.62. The summed E-state index contributed by atoms with van der Waals surface area (Å²) in [6.07, 6.45) is 1.62. The molecule has 0 spiro atoms. The van der Waals surface area contributed by atoms with Gasteiger partial charge in [0, 0.05) is 10.6 Å².